The zero-order valence-corrected chi connectivity index (χ0v) is 16.3. The first-order chi connectivity index (χ1) is 12.8. The maximum absolute atomic E-state index is 6.01. The number of piperazine rings is 1. The van der Waals surface area contributed by atoms with Gasteiger partial charge < -0.3 is 14.5 Å². The van der Waals surface area contributed by atoms with Crippen molar-refractivity contribution in [3.05, 3.63) is 54.1 Å². The van der Waals surface area contributed by atoms with Crippen LogP contribution in [0.3, 0.4) is 0 Å². The van der Waals surface area contributed by atoms with E-state index in [2.05, 4.69) is 72.3 Å². The Bertz CT molecular complexity index is 663. The first-order valence-electron chi connectivity index (χ1n) is 9.98. The van der Waals surface area contributed by atoms with E-state index in [1.54, 1.807) is 0 Å². The number of hydrogen-bond donors (Lipinski definition) is 0. The molecular weight excluding hydrogens is 320 g/mol. The van der Waals surface area contributed by atoms with E-state index in [-0.39, 0.29) is 0 Å². The number of likely N-dealkylation sites (N-methyl/N-ethyl adjacent to an activating group) is 1. The Balaban J connectivity index is 1.66. The van der Waals surface area contributed by atoms with Gasteiger partial charge >= 0.3 is 0 Å². The van der Waals surface area contributed by atoms with Gasteiger partial charge in [0.25, 0.3) is 0 Å². The highest BCUT2D eigenvalue weighted by Gasteiger charge is 2.14. The predicted octanol–water partition coefficient (Wildman–Crippen LogP) is 4.32. The van der Waals surface area contributed by atoms with E-state index in [1.165, 1.54) is 55.8 Å². The van der Waals surface area contributed by atoms with Gasteiger partial charge in [0.05, 0.1) is 6.61 Å². The molecule has 0 saturated carbocycles. The van der Waals surface area contributed by atoms with Crippen LogP contribution in [0.15, 0.2) is 48.5 Å². The largest absolute Gasteiger partial charge is 0.493 e. The summed E-state index contributed by atoms with van der Waals surface area (Å²) >= 11 is 0. The molecule has 0 atom stereocenters. The number of ether oxygens (including phenoxy) is 1. The first kappa shape index (κ1) is 18.9. The van der Waals surface area contributed by atoms with Crippen molar-refractivity contribution in [2.24, 2.45) is 0 Å². The van der Waals surface area contributed by atoms with E-state index in [9.17, 15) is 0 Å². The second-order valence-electron chi connectivity index (χ2n) is 7.29. The summed E-state index contributed by atoms with van der Waals surface area (Å²) in [6, 6.07) is 17.3. The van der Waals surface area contributed by atoms with Crippen LogP contribution in [-0.4, -0.2) is 56.2 Å². The van der Waals surface area contributed by atoms with Crippen LogP contribution in [0.2, 0.25) is 0 Å². The highest BCUT2D eigenvalue weighted by Crippen LogP contribution is 2.28. The highest BCUT2D eigenvalue weighted by molar-refractivity contribution is 5.65. The standard InChI is InChI=1S/C23H32N2O/c1-3-18-26-23-12-11-21(20-8-5-4-6-9-20)19-22(23)10-7-13-25-16-14-24(2)15-17-25/h4-6,8-9,11-12,19H,3,7,10,13-18H2,1-2H3. The monoisotopic (exact) mass is 352 g/mol. The average molecular weight is 353 g/mol. The summed E-state index contributed by atoms with van der Waals surface area (Å²) in [6.45, 7) is 8.89. The molecule has 0 aliphatic carbocycles. The number of benzene rings is 2. The summed E-state index contributed by atoms with van der Waals surface area (Å²) in [7, 11) is 2.21. The Labute approximate surface area is 158 Å². The molecule has 0 N–H and O–H groups in total. The van der Waals surface area contributed by atoms with Crippen LogP contribution in [0, 0.1) is 0 Å². The molecule has 3 rings (SSSR count). The zero-order chi connectivity index (χ0) is 18.2. The first-order valence-corrected chi connectivity index (χ1v) is 9.98. The van der Waals surface area contributed by atoms with Gasteiger partial charge in [-0.25, -0.2) is 0 Å². The third kappa shape index (κ3) is 5.33. The average Bonchev–Trinajstić information content (AvgIpc) is 2.69. The van der Waals surface area contributed by atoms with E-state index >= 15 is 0 Å². The van der Waals surface area contributed by atoms with Gasteiger partial charge in [-0.2, -0.15) is 0 Å². The molecule has 26 heavy (non-hydrogen) atoms. The van der Waals surface area contributed by atoms with Crippen LogP contribution in [0.4, 0.5) is 0 Å². The van der Waals surface area contributed by atoms with Crippen LogP contribution >= 0.6 is 0 Å². The Hall–Kier alpha value is -1.84. The van der Waals surface area contributed by atoms with Crippen LogP contribution in [0.1, 0.15) is 25.3 Å². The van der Waals surface area contributed by atoms with Crippen LogP contribution in [-0.2, 0) is 6.42 Å². The van der Waals surface area contributed by atoms with Gasteiger partial charge in [0.15, 0.2) is 0 Å². The molecule has 1 heterocycles. The van der Waals surface area contributed by atoms with Crippen LogP contribution < -0.4 is 4.74 Å². The summed E-state index contributed by atoms with van der Waals surface area (Å²) in [5, 5.41) is 0. The van der Waals surface area contributed by atoms with E-state index in [1.807, 2.05) is 0 Å². The normalized spacial score (nSPS) is 15.9. The van der Waals surface area contributed by atoms with Gasteiger partial charge in [0, 0.05) is 26.2 Å². The quantitative estimate of drug-likeness (QED) is 0.703. The van der Waals surface area contributed by atoms with Crippen LogP contribution in [0.5, 0.6) is 5.75 Å². The molecule has 3 nitrogen and oxygen atoms in total. The van der Waals surface area contributed by atoms with Gasteiger partial charge in [0.2, 0.25) is 0 Å². The van der Waals surface area contributed by atoms with Gasteiger partial charge in [-0.05, 0) is 61.7 Å². The molecule has 140 valence electrons. The van der Waals surface area contributed by atoms with Crippen molar-refractivity contribution in [1.82, 2.24) is 9.80 Å². The molecule has 1 aliphatic heterocycles. The molecule has 1 fully saturated rings. The van der Waals surface area contributed by atoms with Crippen molar-refractivity contribution in [1.29, 1.82) is 0 Å². The van der Waals surface area contributed by atoms with E-state index in [0.717, 1.165) is 25.2 Å². The molecule has 0 radical (unpaired) electrons. The Morgan fingerprint density at radius 2 is 1.69 bits per heavy atom. The molecule has 0 spiro atoms. The SMILES string of the molecule is CCCOc1ccc(-c2ccccc2)cc1CCCN1CCN(C)CC1. The fourth-order valence-corrected chi connectivity index (χ4v) is 3.50. The van der Waals surface area contributed by atoms with Crippen molar-refractivity contribution in [3.63, 3.8) is 0 Å². The zero-order valence-electron chi connectivity index (χ0n) is 16.3. The van der Waals surface area contributed by atoms with Gasteiger partial charge in [-0.15, -0.1) is 0 Å². The van der Waals surface area contributed by atoms with Gasteiger partial charge in [-0.3, -0.25) is 0 Å². The molecule has 1 saturated heterocycles. The minimum absolute atomic E-state index is 0.788. The van der Waals surface area contributed by atoms with E-state index in [0.29, 0.717) is 0 Å². The molecule has 2 aromatic carbocycles. The summed E-state index contributed by atoms with van der Waals surface area (Å²) in [4.78, 5) is 5.00. The Morgan fingerprint density at radius 3 is 2.42 bits per heavy atom. The third-order valence-electron chi connectivity index (χ3n) is 5.15. The smallest absolute Gasteiger partial charge is 0.122 e. The molecule has 0 bridgehead atoms. The molecule has 0 unspecified atom stereocenters. The molecule has 1 aliphatic rings. The molecule has 0 aromatic heterocycles. The number of nitrogens with zero attached hydrogens (tertiary/aromatic N) is 2. The second kappa shape index (κ2) is 9.75. The minimum atomic E-state index is 0.788. The second-order valence-corrected chi connectivity index (χ2v) is 7.29. The lowest BCUT2D eigenvalue weighted by molar-refractivity contribution is 0.153. The van der Waals surface area contributed by atoms with Crippen molar-refractivity contribution in [2.75, 3.05) is 46.4 Å². The highest BCUT2D eigenvalue weighted by atomic mass is 16.5. The van der Waals surface area contributed by atoms with Crippen molar-refractivity contribution in [2.45, 2.75) is 26.2 Å². The predicted molar refractivity (Wildman–Crippen MR) is 110 cm³/mol. The molecule has 3 heteroatoms. The van der Waals surface area contributed by atoms with E-state index in [4.69, 9.17) is 4.74 Å². The lowest BCUT2D eigenvalue weighted by Crippen LogP contribution is -2.44. The fraction of sp³-hybridized carbons (Fsp3) is 0.478. The lowest BCUT2D eigenvalue weighted by Gasteiger charge is -2.32. The van der Waals surface area contributed by atoms with E-state index < -0.39 is 0 Å². The van der Waals surface area contributed by atoms with Crippen LogP contribution in [0.25, 0.3) is 11.1 Å². The number of aryl methyl sites for hydroxylation is 1. The van der Waals surface area contributed by atoms with Gasteiger partial charge in [0.1, 0.15) is 5.75 Å². The summed E-state index contributed by atoms with van der Waals surface area (Å²) in [6.07, 6.45) is 3.30. The summed E-state index contributed by atoms with van der Waals surface area (Å²) in [5.41, 5.74) is 3.90. The third-order valence-corrected chi connectivity index (χ3v) is 5.15. The van der Waals surface area contributed by atoms with Crippen molar-refractivity contribution < 1.29 is 4.74 Å². The Morgan fingerprint density at radius 1 is 0.923 bits per heavy atom. The number of hydrogen-bond acceptors (Lipinski definition) is 3. The number of rotatable bonds is 8. The topological polar surface area (TPSA) is 15.7 Å². The molecule has 0 amide bonds. The summed E-state index contributed by atoms with van der Waals surface area (Å²) < 4.78 is 6.01. The fourth-order valence-electron chi connectivity index (χ4n) is 3.50. The van der Waals surface area contributed by atoms with Gasteiger partial charge in [-0.1, -0.05) is 43.3 Å². The maximum Gasteiger partial charge on any atom is 0.122 e. The maximum atomic E-state index is 6.01. The van der Waals surface area contributed by atoms with Crippen molar-refractivity contribution >= 4 is 0 Å². The molecular formula is C23H32N2O. The minimum Gasteiger partial charge on any atom is -0.493 e. The Kier molecular flexibility index (Phi) is 7.10. The lowest BCUT2D eigenvalue weighted by atomic mass is 10.00. The summed E-state index contributed by atoms with van der Waals surface area (Å²) in [5.74, 6) is 1.06. The van der Waals surface area contributed by atoms with Crippen molar-refractivity contribution in [3.8, 4) is 16.9 Å². The molecule has 2 aromatic rings.